The van der Waals surface area contributed by atoms with E-state index in [-0.39, 0.29) is 30.1 Å². The molecule has 2 saturated heterocycles. The van der Waals surface area contributed by atoms with E-state index in [1.165, 1.54) is 18.4 Å². The summed E-state index contributed by atoms with van der Waals surface area (Å²) in [5, 5.41) is 3.48. The average Bonchev–Trinajstić information content (AvgIpc) is 3.09. The number of nitrogens with zero attached hydrogens (tertiary/aromatic N) is 2. The monoisotopic (exact) mass is 457 g/mol. The minimum atomic E-state index is 0. The van der Waals surface area contributed by atoms with Crippen LogP contribution in [0.2, 0.25) is 0 Å². The van der Waals surface area contributed by atoms with Gasteiger partial charge in [0.25, 0.3) is 0 Å². The number of likely N-dealkylation sites (tertiary alicyclic amines) is 1. The van der Waals surface area contributed by atoms with E-state index in [1.54, 1.807) is 0 Å². The van der Waals surface area contributed by atoms with Crippen LogP contribution in [0, 0.1) is 11.8 Å². The number of nitrogens with one attached hydrogen (secondary N) is 1. The summed E-state index contributed by atoms with van der Waals surface area (Å²) in [7, 11) is 0. The lowest BCUT2D eigenvalue weighted by atomic mass is 9.95. The van der Waals surface area contributed by atoms with Crippen molar-refractivity contribution >= 4 is 29.9 Å². The van der Waals surface area contributed by atoms with E-state index < -0.39 is 0 Å². The Hall–Kier alpha value is -0.820. The molecule has 25 heavy (non-hydrogen) atoms. The predicted molar refractivity (Wildman–Crippen MR) is 115 cm³/mol. The number of halogens is 1. The highest BCUT2D eigenvalue weighted by molar-refractivity contribution is 14.0. The van der Waals surface area contributed by atoms with Crippen molar-refractivity contribution in [2.45, 2.75) is 39.2 Å². The first-order chi connectivity index (χ1) is 11.8. The van der Waals surface area contributed by atoms with E-state index in [2.05, 4.69) is 54.4 Å². The molecule has 1 aromatic rings. The van der Waals surface area contributed by atoms with Gasteiger partial charge in [0.2, 0.25) is 0 Å². The van der Waals surface area contributed by atoms with Crippen molar-refractivity contribution in [3.05, 3.63) is 35.9 Å². The first kappa shape index (κ1) is 20.5. The number of rotatable bonds is 4. The van der Waals surface area contributed by atoms with Crippen molar-refractivity contribution < 1.29 is 4.74 Å². The van der Waals surface area contributed by atoms with E-state index in [1.807, 2.05) is 0 Å². The number of hydrogen-bond donors (Lipinski definition) is 1. The van der Waals surface area contributed by atoms with Gasteiger partial charge in [-0.15, -0.1) is 24.0 Å². The molecule has 0 aliphatic carbocycles. The molecule has 1 aromatic carbocycles. The molecule has 2 aliphatic heterocycles. The highest BCUT2D eigenvalue weighted by Gasteiger charge is 2.29. The Bertz CT molecular complexity index is 529. The predicted octanol–water partition coefficient (Wildman–Crippen LogP) is 4.08. The Labute approximate surface area is 169 Å². The zero-order chi connectivity index (χ0) is 16.8. The third-order valence-corrected chi connectivity index (χ3v) is 5.24. The van der Waals surface area contributed by atoms with E-state index in [9.17, 15) is 0 Å². The highest BCUT2D eigenvalue weighted by atomic mass is 127. The maximum absolute atomic E-state index is 6.00. The number of hydrogen-bond acceptors (Lipinski definition) is 2. The molecule has 0 aromatic heterocycles. The fourth-order valence-electron chi connectivity index (χ4n) is 3.68. The number of ether oxygens (including phenoxy) is 1. The smallest absolute Gasteiger partial charge is 0.193 e. The molecule has 2 aliphatic rings. The highest BCUT2D eigenvalue weighted by Crippen LogP contribution is 2.34. The van der Waals surface area contributed by atoms with Gasteiger partial charge in [-0.05, 0) is 37.7 Å². The van der Waals surface area contributed by atoms with Crippen LogP contribution in [-0.4, -0.2) is 43.6 Å². The van der Waals surface area contributed by atoms with Gasteiger partial charge in [0.1, 0.15) is 0 Å². The van der Waals surface area contributed by atoms with Crippen LogP contribution in [0.1, 0.15) is 44.8 Å². The Morgan fingerprint density at radius 2 is 1.92 bits per heavy atom. The third kappa shape index (κ3) is 5.58. The SMILES string of the molecule is CCNC(=NCC1CCOC1c1ccccc1)N1CCC(C)CC1.I. The first-order valence-corrected chi connectivity index (χ1v) is 9.47. The van der Waals surface area contributed by atoms with Crippen LogP contribution in [-0.2, 0) is 4.74 Å². The number of benzene rings is 1. The Morgan fingerprint density at radius 1 is 1.20 bits per heavy atom. The zero-order valence-corrected chi connectivity index (χ0v) is 17.8. The van der Waals surface area contributed by atoms with Crippen molar-refractivity contribution in [2.75, 3.05) is 32.8 Å². The summed E-state index contributed by atoms with van der Waals surface area (Å²) in [4.78, 5) is 7.40. The van der Waals surface area contributed by atoms with Gasteiger partial charge in [0.15, 0.2) is 5.96 Å². The topological polar surface area (TPSA) is 36.9 Å². The Balaban J connectivity index is 0.00000225. The van der Waals surface area contributed by atoms with Gasteiger partial charge in [-0.3, -0.25) is 4.99 Å². The molecule has 4 nitrogen and oxygen atoms in total. The molecule has 0 saturated carbocycles. The minimum absolute atomic E-state index is 0. The van der Waals surface area contributed by atoms with Crippen LogP contribution in [0.5, 0.6) is 0 Å². The second kappa shape index (κ2) is 10.4. The van der Waals surface area contributed by atoms with Gasteiger partial charge in [-0.1, -0.05) is 37.3 Å². The van der Waals surface area contributed by atoms with Gasteiger partial charge in [0, 0.05) is 38.7 Å². The fourth-order valence-corrected chi connectivity index (χ4v) is 3.68. The van der Waals surface area contributed by atoms with Crippen LogP contribution in [0.15, 0.2) is 35.3 Å². The van der Waals surface area contributed by atoms with Crippen LogP contribution < -0.4 is 5.32 Å². The second-order valence-corrected chi connectivity index (χ2v) is 7.12. The normalized spacial score (nSPS) is 24.9. The molecule has 2 atom stereocenters. The quantitative estimate of drug-likeness (QED) is 0.421. The lowest BCUT2D eigenvalue weighted by molar-refractivity contribution is 0.0925. The summed E-state index contributed by atoms with van der Waals surface area (Å²) >= 11 is 0. The fraction of sp³-hybridized carbons (Fsp3) is 0.650. The van der Waals surface area contributed by atoms with Gasteiger partial charge in [-0.25, -0.2) is 0 Å². The molecule has 1 N–H and O–H groups in total. The van der Waals surface area contributed by atoms with Crippen molar-refractivity contribution in [2.24, 2.45) is 16.8 Å². The van der Waals surface area contributed by atoms with Crippen molar-refractivity contribution in [3.63, 3.8) is 0 Å². The molecule has 3 rings (SSSR count). The molecule has 0 spiro atoms. The van der Waals surface area contributed by atoms with E-state index in [0.717, 1.165) is 51.1 Å². The summed E-state index contributed by atoms with van der Waals surface area (Å²) in [5.74, 6) is 2.41. The van der Waals surface area contributed by atoms with E-state index in [0.29, 0.717) is 5.92 Å². The molecule has 0 amide bonds. The largest absolute Gasteiger partial charge is 0.373 e. The summed E-state index contributed by atoms with van der Waals surface area (Å²) in [6.45, 7) is 9.35. The van der Waals surface area contributed by atoms with E-state index >= 15 is 0 Å². The van der Waals surface area contributed by atoms with Gasteiger partial charge in [-0.2, -0.15) is 0 Å². The summed E-state index contributed by atoms with van der Waals surface area (Å²) in [6, 6.07) is 10.6. The maximum Gasteiger partial charge on any atom is 0.193 e. The van der Waals surface area contributed by atoms with E-state index in [4.69, 9.17) is 9.73 Å². The van der Waals surface area contributed by atoms with Crippen LogP contribution >= 0.6 is 24.0 Å². The molecule has 5 heteroatoms. The maximum atomic E-state index is 6.00. The lowest BCUT2D eigenvalue weighted by Crippen LogP contribution is -2.45. The summed E-state index contributed by atoms with van der Waals surface area (Å²) in [6.07, 6.45) is 3.83. The van der Waals surface area contributed by atoms with Crippen LogP contribution in [0.4, 0.5) is 0 Å². The van der Waals surface area contributed by atoms with Gasteiger partial charge < -0.3 is 15.0 Å². The average molecular weight is 457 g/mol. The standard InChI is InChI=1S/C20H31N3O.HI/c1-3-21-20(23-12-9-16(2)10-13-23)22-15-18-11-14-24-19(18)17-7-5-4-6-8-17;/h4-8,16,18-19H,3,9-15H2,1-2H3,(H,21,22);1H. The Morgan fingerprint density at radius 3 is 2.60 bits per heavy atom. The zero-order valence-electron chi connectivity index (χ0n) is 15.5. The minimum Gasteiger partial charge on any atom is -0.373 e. The molecule has 2 unspecified atom stereocenters. The van der Waals surface area contributed by atoms with Crippen molar-refractivity contribution in [1.29, 1.82) is 0 Å². The number of guanidine groups is 1. The van der Waals surface area contributed by atoms with Gasteiger partial charge in [0.05, 0.1) is 6.10 Å². The lowest BCUT2D eigenvalue weighted by Gasteiger charge is -2.33. The van der Waals surface area contributed by atoms with Crippen LogP contribution in [0.3, 0.4) is 0 Å². The van der Waals surface area contributed by atoms with Crippen molar-refractivity contribution in [1.82, 2.24) is 10.2 Å². The van der Waals surface area contributed by atoms with Crippen molar-refractivity contribution in [3.8, 4) is 0 Å². The van der Waals surface area contributed by atoms with Gasteiger partial charge >= 0.3 is 0 Å². The molecule has 2 fully saturated rings. The number of piperidine rings is 1. The van der Waals surface area contributed by atoms with Crippen LogP contribution in [0.25, 0.3) is 0 Å². The first-order valence-electron chi connectivity index (χ1n) is 9.47. The molecule has 2 heterocycles. The molecule has 0 radical (unpaired) electrons. The molecular weight excluding hydrogens is 425 g/mol. The summed E-state index contributed by atoms with van der Waals surface area (Å²) < 4.78 is 6.00. The third-order valence-electron chi connectivity index (χ3n) is 5.24. The molecular formula is C20H32IN3O. The molecule has 140 valence electrons. The molecule has 0 bridgehead atoms. The Kier molecular flexibility index (Phi) is 8.49. The second-order valence-electron chi connectivity index (χ2n) is 7.12. The summed E-state index contributed by atoms with van der Waals surface area (Å²) in [5.41, 5.74) is 1.28. The number of aliphatic imine (C=N–C) groups is 1.